The summed E-state index contributed by atoms with van der Waals surface area (Å²) in [6.45, 7) is 2.52. The number of methoxy groups -OCH3 is 1. The zero-order valence-corrected chi connectivity index (χ0v) is 22.7. The molecular formula is C27H25Br2N3O3. The Balaban J connectivity index is 1.68. The fraction of sp³-hybridized carbons (Fsp3) is 0.222. The van der Waals surface area contributed by atoms with Gasteiger partial charge >= 0.3 is 0 Å². The van der Waals surface area contributed by atoms with Gasteiger partial charge in [0.25, 0.3) is 5.56 Å². The molecule has 0 saturated carbocycles. The summed E-state index contributed by atoms with van der Waals surface area (Å²) in [5, 5.41) is 5.05. The molecule has 4 rings (SSSR count). The molecule has 0 radical (unpaired) electrons. The molecule has 1 aromatic heterocycles. The molecule has 4 aromatic rings. The number of aromatic nitrogens is 2. The number of unbranched alkanes of at least 4 members (excludes halogenated alkanes) is 1. The van der Waals surface area contributed by atoms with Crippen molar-refractivity contribution in [1.29, 1.82) is 0 Å². The fourth-order valence-electron chi connectivity index (χ4n) is 3.62. The molecule has 0 fully saturated rings. The highest BCUT2D eigenvalue weighted by Crippen LogP contribution is 2.37. The Morgan fingerprint density at radius 3 is 2.63 bits per heavy atom. The van der Waals surface area contributed by atoms with Gasteiger partial charge in [-0.25, -0.2) is 4.98 Å². The van der Waals surface area contributed by atoms with Crippen LogP contribution in [0.3, 0.4) is 0 Å². The van der Waals surface area contributed by atoms with Gasteiger partial charge in [0.05, 0.1) is 28.7 Å². The van der Waals surface area contributed by atoms with Gasteiger partial charge in [-0.15, -0.1) is 0 Å². The summed E-state index contributed by atoms with van der Waals surface area (Å²) < 4.78 is 14.5. The molecule has 0 spiro atoms. The van der Waals surface area contributed by atoms with Gasteiger partial charge in [-0.3, -0.25) is 4.79 Å². The standard InChI is InChI=1S/C27H25Br2N3O3/c1-3-4-10-25-31-23-12-11-20(28)15-21(23)27(33)32(25)30-16-19-13-22(29)26(24(14-19)34-2)35-17-18-8-6-5-7-9-18/h5-9,11-16H,3-4,10,17H2,1-2H3. The topological polar surface area (TPSA) is 65.7 Å². The molecule has 0 unspecified atom stereocenters. The molecule has 6 nitrogen and oxygen atoms in total. The number of rotatable bonds is 9. The third kappa shape index (κ3) is 6.00. The van der Waals surface area contributed by atoms with E-state index >= 15 is 0 Å². The highest BCUT2D eigenvalue weighted by atomic mass is 79.9. The van der Waals surface area contributed by atoms with Crippen LogP contribution in [0.2, 0.25) is 0 Å². The number of aryl methyl sites for hydroxylation is 1. The van der Waals surface area contributed by atoms with E-state index in [-0.39, 0.29) is 5.56 Å². The predicted octanol–water partition coefficient (Wildman–Crippen LogP) is 6.73. The zero-order valence-electron chi connectivity index (χ0n) is 19.5. The summed E-state index contributed by atoms with van der Waals surface area (Å²) in [4.78, 5) is 18.0. The molecule has 3 aromatic carbocycles. The zero-order chi connectivity index (χ0) is 24.8. The third-order valence-corrected chi connectivity index (χ3v) is 6.51. The first-order valence-corrected chi connectivity index (χ1v) is 12.9. The minimum atomic E-state index is -0.201. The first-order valence-electron chi connectivity index (χ1n) is 11.3. The van der Waals surface area contributed by atoms with E-state index in [9.17, 15) is 4.79 Å². The SMILES string of the molecule is CCCCc1nc2ccc(Br)cc2c(=O)n1N=Cc1cc(Br)c(OCc2ccccc2)c(OC)c1. The van der Waals surface area contributed by atoms with Crippen LogP contribution in [0.25, 0.3) is 10.9 Å². The lowest BCUT2D eigenvalue weighted by molar-refractivity contribution is 0.282. The van der Waals surface area contributed by atoms with Gasteiger partial charge in [0.2, 0.25) is 0 Å². The van der Waals surface area contributed by atoms with Gasteiger partial charge in [0, 0.05) is 10.9 Å². The Kier molecular flexibility index (Phi) is 8.36. The van der Waals surface area contributed by atoms with E-state index in [1.54, 1.807) is 19.4 Å². The van der Waals surface area contributed by atoms with Crippen molar-refractivity contribution < 1.29 is 9.47 Å². The van der Waals surface area contributed by atoms with E-state index in [4.69, 9.17) is 14.5 Å². The number of nitrogens with zero attached hydrogens (tertiary/aromatic N) is 3. The molecule has 35 heavy (non-hydrogen) atoms. The molecule has 0 amide bonds. The number of hydrogen-bond donors (Lipinski definition) is 0. The van der Waals surface area contributed by atoms with Gasteiger partial charge < -0.3 is 9.47 Å². The average Bonchev–Trinajstić information content (AvgIpc) is 2.87. The Bertz CT molecular complexity index is 1420. The second-order valence-corrected chi connectivity index (χ2v) is 9.73. The highest BCUT2D eigenvalue weighted by Gasteiger charge is 2.13. The van der Waals surface area contributed by atoms with Crippen molar-refractivity contribution in [2.75, 3.05) is 7.11 Å². The van der Waals surface area contributed by atoms with E-state index in [1.807, 2.05) is 54.6 Å². The lowest BCUT2D eigenvalue weighted by Crippen LogP contribution is -2.22. The number of fused-ring (bicyclic) bond motifs is 1. The molecule has 0 aliphatic rings. The fourth-order valence-corrected chi connectivity index (χ4v) is 4.55. The summed E-state index contributed by atoms with van der Waals surface area (Å²) in [6.07, 6.45) is 4.20. The van der Waals surface area contributed by atoms with Crippen LogP contribution in [-0.4, -0.2) is 23.0 Å². The third-order valence-electron chi connectivity index (χ3n) is 5.43. The average molecular weight is 599 g/mol. The maximum atomic E-state index is 13.3. The predicted molar refractivity (Wildman–Crippen MR) is 147 cm³/mol. The van der Waals surface area contributed by atoms with Crippen LogP contribution in [-0.2, 0) is 13.0 Å². The van der Waals surface area contributed by atoms with Crippen molar-refractivity contribution in [3.63, 3.8) is 0 Å². The van der Waals surface area contributed by atoms with Crippen LogP contribution >= 0.6 is 31.9 Å². The number of benzene rings is 3. The lowest BCUT2D eigenvalue weighted by Gasteiger charge is -2.14. The Morgan fingerprint density at radius 1 is 1.09 bits per heavy atom. The van der Waals surface area contributed by atoms with Gasteiger partial charge in [-0.2, -0.15) is 9.78 Å². The summed E-state index contributed by atoms with van der Waals surface area (Å²) in [7, 11) is 1.59. The van der Waals surface area contributed by atoms with E-state index in [2.05, 4.69) is 43.9 Å². The van der Waals surface area contributed by atoms with Crippen LogP contribution in [0, 0.1) is 0 Å². The molecule has 0 atom stereocenters. The van der Waals surface area contributed by atoms with E-state index in [1.165, 1.54) is 4.68 Å². The minimum Gasteiger partial charge on any atom is -0.493 e. The number of halogens is 2. The number of ether oxygens (including phenoxy) is 2. The molecule has 0 aliphatic carbocycles. The van der Waals surface area contributed by atoms with Crippen molar-refractivity contribution in [2.24, 2.45) is 5.10 Å². The summed E-state index contributed by atoms with van der Waals surface area (Å²) in [5.74, 6) is 1.80. The Morgan fingerprint density at radius 2 is 1.89 bits per heavy atom. The van der Waals surface area contributed by atoms with Crippen molar-refractivity contribution >= 4 is 49.0 Å². The molecule has 0 N–H and O–H groups in total. The van der Waals surface area contributed by atoms with Crippen LogP contribution in [0.15, 0.2) is 79.5 Å². The maximum Gasteiger partial charge on any atom is 0.282 e. The molecule has 1 heterocycles. The van der Waals surface area contributed by atoms with Gasteiger partial charge in [0.15, 0.2) is 11.5 Å². The van der Waals surface area contributed by atoms with Crippen molar-refractivity contribution in [3.8, 4) is 11.5 Å². The van der Waals surface area contributed by atoms with Gasteiger partial charge in [0.1, 0.15) is 12.4 Å². The second kappa shape index (κ2) is 11.6. The molecule has 0 aliphatic heterocycles. The van der Waals surface area contributed by atoms with Crippen molar-refractivity contribution in [1.82, 2.24) is 9.66 Å². The minimum absolute atomic E-state index is 0.201. The summed E-state index contributed by atoms with van der Waals surface area (Å²) in [5.41, 5.74) is 2.28. The highest BCUT2D eigenvalue weighted by molar-refractivity contribution is 9.10. The first-order chi connectivity index (χ1) is 17.0. The summed E-state index contributed by atoms with van der Waals surface area (Å²) >= 11 is 7.03. The first kappa shape index (κ1) is 25.1. The molecular weight excluding hydrogens is 574 g/mol. The monoisotopic (exact) mass is 597 g/mol. The normalized spacial score (nSPS) is 11.3. The van der Waals surface area contributed by atoms with Crippen LogP contribution in [0.5, 0.6) is 11.5 Å². The van der Waals surface area contributed by atoms with Crippen LogP contribution in [0.1, 0.15) is 36.7 Å². The van der Waals surface area contributed by atoms with Crippen molar-refractivity contribution in [2.45, 2.75) is 32.8 Å². The Labute approximate surface area is 220 Å². The molecule has 8 heteroatoms. The molecule has 0 bridgehead atoms. The largest absolute Gasteiger partial charge is 0.493 e. The molecule has 180 valence electrons. The summed E-state index contributed by atoms with van der Waals surface area (Å²) in [6, 6.07) is 19.2. The van der Waals surface area contributed by atoms with Crippen LogP contribution < -0.4 is 15.0 Å². The van der Waals surface area contributed by atoms with Crippen LogP contribution in [0.4, 0.5) is 0 Å². The Hall–Kier alpha value is -2.97. The van der Waals surface area contributed by atoms with Crippen molar-refractivity contribution in [3.05, 3.63) is 96.9 Å². The van der Waals surface area contributed by atoms with E-state index in [0.29, 0.717) is 41.3 Å². The lowest BCUT2D eigenvalue weighted by atomic mass is 10.2. The quantitative estimate of drug-likeness (QED) is 0.200. The van der Waals surface area contributed by atoms with Gasteiger partial charge in [-0.05, 0) is 63.8 Å². The van der Waals surface area contributed by atoms with E-state index in [0.717, 1.165) is 32.9 Å². The van der Waals surface area contributed by atoms with Gasteiger partial charge in [-0.1, -0.05) is 59.6 Å². The van der Waals surface area contributed by atoms with E-state index < -0.39 is 0 Å². The smallest absolute Gasteiger partial charge is 0.282 e. The number of hydrogen-bond acceptors (Lipinski definition) is 5. The maximum absolute atomic E-state index is 13.3. The molecule has 0 saturated heterocycles. The second-order valence-electron chi connectivity index (χ2n) is 7.96.